The highest BCUT2D eigenvalue weighted by molar-refractivity contribution is 7.15. The SMILES string of the molecule is COc1ccc(C(=O)Nc2nc3c(s2)C[C@@H](N)CC3)cc1[N+](=O)[O-]. The average molecular weight is 348 g/mol. The number of ether oxygens (including phenoxy) is 1. The number of carbonyl (C=O) groups excluding carboxylic acids is 1. The highest BCUT2D eigenvalue weighted by Crippen LogP contribution is 2.31. The van der Waals surface area contributed by atoms with Gasteiger partial charge in [-0.15, -0.1) is 11.3 Å². The molecule has 0 bridgehead atoms. The largest absolute Gasteiger partial charge is 0.490 e. The summed E-state index contributed by atoms with van der Waals surface area (Å²) in [7, 11) is 1.34. The molecule has 2 aromatic rings. The predicted molar refractivity (Wildman–Crippen MR) is 89.7 cm³/mol. The van der Waals surface area contributed by atoms with Gasteiger partial charge in [-0.25, -0.2) is 4.98 Å². The van der Waals surface area contributed by atoms with Crippen LogP contribution in [0.2, 0.25) is 0 Å². The maximum Gasteiger partial charge on any atom is 0.311 e. The summed E-state index contributed by atoms with van der Waals surface area (Å²) in [4.78, 5) is 28.3. The number of nitrogens with zero attached hydrogens (tertiary/aromatic N) is 2. The Kier molecular flexibility index (Phi) is 4.45. The molecule has 3 rings (SSSR count). The summed E-state index contributed by atoms with van der Waals surface area (Å²) in [5.41, 5.74) is 6.83. The molecular formula is C15H16N4O4S. The van der Waals surface area contributed by atoms with Crippen molar-refractivity contribution >= 4 is 28.1 Å². The second-order valence-corrected chi connectivity index (χ2v) is 6.57. The zero-order valence-electron chi connectivity index (χ0n) is 12.9. The van der Waals surface area contributed by atoms with Gasteiger partial charge in [-0.05, 0) is 31.4 Å². The molecule has 0 radical (unpaired) electrons. The second kappa shape index (κ2) is 6.54. The summed E-state index contributed by atoms with van der Waals surface area (Å²) in [6.45, 7) is 0. The summed E-state index contributed by atoms with van der Waals surface area (Å²) < 4.78 is 4.93. The molecule has 1 aliphatic rings. The lowest BCUT2D eigenvalue weighted by molar-refractivity contribution is -0.385. The van der Waals surface area contributed by atoms with Crippen molar-refractivity contribution in [2.75, 3.05) is 12.4 Å². The molecule has 1 aliphatic carbocycles. The number of nitrogens with one attached hydrogen (secondary N) is 1. The van der Waals surface area contributed by atoms with E-state index in [0.29, 0.717) is 5.13 Å². The van der Waals surface area contributed by atoms with E-state index in [1.54, 1.807) is 0 Å². The van der Waals surface area contributed by atoms with Gasteiger partial charge in [0.2, 0.25) is 0 Å². The number of fused-ring (bicyclic) bond motifs is 1. The van der Waals surface area contributed by atoms with Crippen LogP contribution >= 0.6 is 11.3 Å². The molecule has 1 aromatic carbocycles. The van der Waals surface area contributed by atoms with Crippen LogP contribution in [-0.4, -0.2) is 29.0 Å². The van der Waals surface area contributed by atoms with Gasteiger partial charge in [0.05, 0.1) is 17.7 Å². The zero-order valence-corrected chi connectivity index (χ0v) is 13.8. The third-order valence-electron chi connectivity index (χ3n) is 3.84. The van der Waals surface area contributed by atoms with Crippen molar-refractivity contribution in [2.24, 2.45) is 5.73 Å². The van der Waals surface area contributed by atoms with Crippen LogP contribution < -0.4 is 15.8 Å². The fraction of sp³-hybridized carbons (Fsp3) is 0.333. The van der Waals surface area contributed by atoms with Gasteiger partial charge in [0.25, 0.3) is 5.91 Å². The van der Waals surface area contributed by atoms with Crippen LogP contribution in [-0.2, 0) is 12.8 Å². The smallest absolute Gasteiger partial charge is 0.311 e. The highest BCUT2D eigenvalue weighted by atomic mass is 32.1. The van der Waals surface area contributed by atoms with Crippen LogP contribution in [0.25, 0.3) is 0 Å². The Morgan fingerprint density at radius 1 is 1.54 bits per heavy atom. The van der Waals surface area contributed by atoms with Gasteiger partial charge in [-0.3, -0.25) is 20.2 Å². The first kappa shape index (κ1) is 16.3. The Bertz CT molecular complexity index is 805. The number of nitrogens with two attached hydrogens (primary N) is 1. The van der Waals surface area contributed by atoms with E-state index in [1.807, 2.05) is 0 Å². The number of carbonyl (C=O) groups is 1. The van der Waals surface area contributed by atoms with Gasteiger partial charge in [0.15, 0.2) is 10.9 Å². The van der Waals surface area contributed by atoms with Crippen LogP contribution in [0.15, 0.2) is 18.2 Å². The van der Waals surface area contributed by atoms with E-state index in [0.717, 1.165) is 29.8 Å². The number of nitro groups is 1. The summed E-state index contributed by atoms with van der Waals surface area (Å²) in [5.74, 6) is -0.341. The van der Waals surface area contributed by atoms with E-state index >= 15 is 0 Å². The van der Waals surface area contributed by atoms with Crippen LogP contribution in [0, 0.1) is 10.1 Å². The number of amides is 1. The maximum absolute atomic E-state index is 12.3. The Morgan fingerprint density at radius 2 is 2.33 bits per heavy atom. The van der Waals surface area contributed by atoms with Crippen LogP contribution in [0.1, 0.15) is 27.3 Å². The lowest BCUT2D eigenvalue weighted by Crippen LogP contribution is -2.27. The molecule has 0 fully saturated rings. The Morgan fingerprint density at radius 3 is 3.04 bits per heavy atom. The van der Waals surface area contributed by atoms with Crippen LogP contribution in [0.5, 0.6) is 5.75 Å². The number of methoxy groups -OCH3 is 1. The third-order valence-corrected chi connectivity index (χ3v) is 4.87. The van der Waals surface area contributed by atoms with Gasteiger partial charge in [0, 0.05) is 22.5 Å². The number of aromatic nitrogens is 1. The molecule has 24 heavy (non-hydrogen) atoms. The second-order valence-electron chi connectivity index (χ2n) is 5.49. The molecule has 126 valence electrons. The first-order valence-electron chi connectivity index (χ1n) is 7.36. The van der Waals surface area contributed by atoms with Crippen molar-refractivity contribution in [3.63, 3.8) is 0 Å². The minimum absolute atomic E-state index is 0.107. The third kappa shape index (κ3) is 3.22. The summed E-state index contributed by atoms with van der Waals surface area (Å²) in [6, 6.07) is 4.20. The summed E-state index contributed by atoms with van der Waals surface area (Å²) in [6.07, 6.45) is 2.45. The average Bonchev–Trinajstić information content (AvgIpc) is 2.95. The van der Waals surface area contributed by atoms with Crippen molar-refractivity contribution < 1.29 is 14.5 Å². The number of benzene rings is 1. The first-order chi connectivity index (χ1) is 11.5. The maximum atomic E-state index is 12.3. The quantitative estimate of drug-likeness (QED) is 0.645. The molecule has 1 atom stereocenters. The molecule has 0 unspecified atom stereocenters. The summed E-state index contributed by atoms with van der Waals surface area (Å²) >= 11 is 1.40. The number of aryl methyl sites for hydroxylation is 1. The number of hydrogen-bond acceptors (Lipinski definition) is 7. The van der Waals surface area contributed by atoms with Crippen molar-refractivity contribution in [1.82, 2.24) is 4.98 Å². The first-order valence-corrected chi connectivity index (χ1v) is 8.17. The normalized spacial score (nSPS) is 16.3. The minimum Gasteiger partial charge on any atom is -0.490 e. The van der Waals surface area contributed by atoms with Crippen molar-refractivity contribution in [1.29, 1.82) is 0 Å². The summed E-state index contributed by atoms with van der Waals surface area (Å²) in [5, 5.41) is 14.2. The van der Waals surface area contributed by atoms with Gasteiger partial charge in [-0.1, -0.05) is 0 Å². The Hall–Kier alpha value is -2.52. The highest BCUT2D eigenvalue weighted by Gasteiger charge is 2.22. The van der Waals surface area contributed by atoms with E-state index in [-0.39, 0.29) is 23.0 Å². The van der Waals surface area contributed by atoms with Crippen molar-refractivity contribution in [3.8, 4) is 5.75 Å². The Labute approximate surface area is 141 Å². The molecule has 8 nitrogen and oxygen atoms in total. The number of hydrogen-bond donors (Lipinski definition) is 2. The van der Waals surface area contributed by atoms with Crippen LogP contribution in [0.4, 0.5) is 10.8 Å². The lowest BCUT2D eigenvalue weighted by Gasteiger charge is -2.15. The molecule has 1 heterocycles. The van der Waals surface area contributed by atoms with Crippen molar-refractivity contribution in [2.45, 2.75) is 25.3 Å². The number of anilines is 1. The Balaban J connectivity index is 1.80. The molecule has 3 N–H and O–H groups in total. The number of thiazole rings is 1. The van der Waals surface area contributed by atoms with E-state index in [2.05, 4.69) is 10.3 Å². The lowest BCUT2D eigenvalue weighted by atomic mass is 9.99. The molecule has 0 saturated carbocycles. The number of rotatable bonds is 4. The van der Waals surface area contributed by atoms with Crippen molar-refractivity contribution in [3.05, 3.63) is 44.4 Å². The van der Waals surface area contributed by atoms with E-state index < -0.39 is 10.8 Å². The molecule has 0 saturated heterocycles. The topological polar surface area (TPSA) is 120 Å². The standard InChI is InChI=1S/C15H16N4O4S/c1-23-12-5-2-8(6-11(12)19(21)22)14(20)18-15-17-10-4-3-9(16)7-13(10)24-15/h2,5-6,9H,3-4,7,16H2,1H3,(H,17,18,20)/t9-/m0/s1. The van der Waals surface area contributed by atoms with E-state index in [9.17, 15) is 14.9 Å². The van der Waals surface area contributed by atoms with E-state index in [1.165, 1.54) is 36.6 Å². The molecule has 1 aromatic heterocycles. The van der Waals surface area contributed by atoms with Gasteiger partial charge in [0.1, 0.15) is 0 Å². The molecule has 9 heteroatoms. The molecule has 1 amide bonds. The fourth-order valence-corrected chi connectivity index (χ4v) is 3.69. The van der Waals surface area contributed by atoms with Gasteiger partial charge in [-0.2, -0.15) is 0 Å². The van der Waals surface area contributed by atoms with Gasteiger partial charge >= 0.3 is 5.69 Å². The monoisotopic (exact) mass is 348 g/mol. The predicted octanol–water partition coefficient (Wildman–Crippen LogP) is 2.13. The van der Waals surface area contributed by atoms with E-state index in [4.69, 9.17) is 10.5 Å². The fourth-order valence-electron chi connectivity index (χ4n) is 2.60. The molecule has 0 aliphatic heterocycles. The molecular weight excluding hydrogens is 332 g/mol. The van der Waals surface area contributed by atoms with Crippen LogP contribution in [0.3, 0.4) is 0 Å². The zero-order chi connectivity index (χ0) is 17.3. The minimum atomic E-state index is -0.584. The number of nitro benzene ring substituents is 1. The molecule has 0 spiro atoms. The van der Waals surface area contributed by atoms with Gasteiger partial charge < -0.3 is 10.5 Å².